The number of carbonyl (C=O) groups excluding carboxylic acids is 1. The minimum atomic E-state index is 0.0945. The van der Waals surface area contributed by atoms with E-state index in [9.17, 15) is 4.79 Å². The molecule has 1 aliphatic heterocycles. The smallest absolute Gasteiger partial charge is 0.236 e. The number of likely N-dealkylation sites (N-methyl/N-ethyl adjacent to an activating group) is 1. The van der Waals surface area contributed by atoms with Crippen LogP contribution in [-0.2, 0) is 18.4 Å². The number of para-hydroxylation sites is 1. The summed E-state index contributed by atoms with van der Waals surface area (Å²) >= 11 is 0. The molecule has 3 rings (SSSR count). The average Bonchev–Trinajstić information content (AvgIpc) is 3.08. The first-order valence-corrected chi connectivity index (χ1v) is 8.88. The van der Waals surface area contributed by atoms with E-state index in [-0.39, 0.29) is 11.9 Å². The molecule has 0 radical (unpaired) electrons. The van der Waals surface area contributed by atoms with Crippen LogP contribution in [0.3, 0.4) is 0 Å². The molecule has 1 amide bonds. The second-order valence-electron chi connectivity index (χ2n) is 6.65. The van der Waals surface area contributed by atoms with Crippen molar-refractivity contribution in [1.29, 1.82) is 0 Å². The number of nitrogens with one attached hydrogen (secondary N) is 1. The molecule has 0 bridgehead atoms. The van der Waals surface area contributed by atoms with Crippen molar-refractivity contribution in [2.24, 2.45) is 7.05 Å². The monoisotopic (exact) mass is 357 g/mol. The van der Waals surface area contributed by atoms with Crippen molar-refractivity contribution in [3.05, 3.63) is 48.0 Å². The molecule has 1 fully saturated rings. The van der Waals surface area contributed by atoms with Crippen molar-refractivity contribution < 1.29 is 9.53 Å². The predicted molar refractivity (Wildman–Crippen MR) is 99.9 cm³/mol. The number of ether oxygens (including phenoxy) is 1. The van der Waals surface area contributed by atoms with E-state index < -0.39 is 0 Å². The fraction of sp³-hybridized carbons (Fsp3) is 0.474. The fourth-order valence-electron chi connectivity index (χ4n) is 3.36. The molecule has 1 atom stereocenters. The minimum Gasteiger partial charge on any atom is -0.496 e. The van der Waals surface area contributed by atoms with Gasteiger partial charge in [-0.15, -0.1) is 0 Å². The molecule has 1 aromatic heterocycles. The van der Waals surface area contributed by atoms with E-state index in [4.69, 9.17) is 4.74 Å². The van der Waals surface area contributed by atoms with E-state index >= 15 is 0 Å². The SMILES string of the molecule is COc1ccccc1CN(C)C(=O)CN1CCNCC1c1nccn1C. The lowest BCUT2D eigenvalue weighted by Crippen LogP contribution is -2.50. The summed E-state index contributed by atoms with van der Waals surface area (Å²) in [6.07, 6.45) is 3.75. The van der Waals surface area contributed by atoms with Gasteiger partial charge in [0.1, 0.15) is 11.6 Å². The minimum absolute atomic E-state index is 0.0945. The van der Waals surface area contributed by atoms with Crippen LogP contribution in [0.15, 0.2) is 36.7 Å². The molecule has 0 spiro atoms. The zero-order valence-corrected chi connectivity index (χ0v) is 15.7. The standard InChI is InChI=1S/C19H27N5O2/c1-22-10-9-21-19(22)16-12-20-8-11-24(16)14-18(25)23(2)13-15-6-4-5-7-17(15)26-3/h4-7,9-10,16,20H,8,11-14H2,1-3H3. The van der Waals surface area contributed by atoms with Crippen molar-refractivity contribution in [3.63, 3.8) is 0 Å². The molecule has 7 nitrogen and oxygen atoms in total. The lowest BCUT2D eigenvalue weighted by atomic mass is 10.1. The molecule has 1 unspecified atom stereocenters. The number of piperazine rings is 1. The molecule has 1 N–H and O–H groups in total. The Morgan fingerprint density at radius 2 is 2.23 bits per heavy atom. The predicted octanol–water partition coefficient (Wildman–Crippen LogP) is 1.03. The molecular weight excluding hydrogens is 330 g/mol. The van der Waals surface area contributed by atoms with Crippen molar-refractivity contribution in [3.8, 4) is 5.75 Å². The Morgan fingerprint density at radius 3 is 2.96 bits per heavy atom. The van der Waals surface area contributed by atoms with Gasteiger partial charge in [-0.3, -0.25) is 9.69 Å². The number of imidazole rings is 1. The number of rotatable bonds is 6. The van der Waals surface area contributed by atoms with Crippen LogP contribution in [-0.4, -0.2) is 65.6 Å². The van der Waals surface area contributed by atoms with Gasteiger partial charge in [-0.25, -0.2) is 4.98 Å². The summed E-state index contributed by atoms with van der Waals surface area (Å²) in [5, 5.41) is 3.40. The first-order valence-electron chi connectivity index (χ1n) is 8.88. The van der Waals surface area contributed by atoms with Gasteiger partial charge in [0.2, 0.25) is 5.91 Å². The number of methoxy groups -OCH3 is 1. The second kappa shape index (κ2) is 8.33. The van der Waals surface area contributed by atoms with E-state index in [0.717, 1.165) is 36.8 Å². The molecule has 7 heteroatoms. The van der Waals surface area contributed by atoms with Gasteiger partial charge in [-0.2, -0.15) is 0 Å². The van der Waals surface area contributed by atoms with E-state index in [2.05, 4.69) is 15.2 Å². The van der Waals surface area contributed by atoms with Crippen LogP contribution >= 0.6 is 0 Å². The fourth-order valence-corrected chi connectivity index (χ4v) is 3.36. The molecule has 0 saturated carbocycles. The normalized spacial score (nSPS) is 17.9. The van der Waals surface area contributed by atoms with Gasteiger partial charge >= 0.3 is 0 Å². The quantitative estimate of drug-likeness (QED) is 0.837. The Labute approximate surface area is 154 Å². The number of nitrogens with zero attached hydrogens (tertiary/aromatic N) is 4. The number of aryl methyl sites for hydroxylation is 1. The van der Waals surface area contributed by atoms with Crippen LogP contribution < -0.4 is 10.1 Å². The van der Waals surface area contributed by atoms with Crippen molar-refractivity contribution >= 4 is 5.91 Å². The first kappa shape index (κ1) is 18.4. The molecule has 1 aromatic carbocycles. The summed E-state index contributed by atoms with van der Waals surface area (Å²) < 4.78 is 7.41. The van der Waals surface area contributed by atoms with Gasteiger partial charge in [0.15, 0.2) is 0 Å². The maximum atomic E-state index is 12.8. The topological polar surface area (TPSA) is 62.6 Å². The maximum absolute atomic E-state index is 12.8. The number of amides is 1. The number of carbonyl (C=O) groups is 1. The molecule has 140 valence electrons. The van der Waals surface area contributed by atoms with Gasteiger partial charge in [-0.1, -0.05) is 18.2 Å². The maximum Gasteiger partial charge on any atom is 0.236 e. The zero-order chi connectivity index (χ0) is 18.5. The number of hydrogen-bond donors (Lipinski definition) is 1. The molecule has 2 heterocycles. The van der Waals surface area contributed by atoms with Crippen LogP contribution in [0.5, 0.6) is 5.75 Å². The Balaban J connectivity index is 1.66. The summed E-state index contributed by atoms with van der Waals surface area (Å²) in [7, 11) is 5.48. The average molecular weight is 357 g/mol. The summed E-state index contributed by atoms with van der Waals surface area (Å²) in [5.41, 5.74) is 1.01. The summed E-state index contributed by atoms with van der Waals surface area (Å²) in [5.74, 6) is 1.88. The van der Waals surface area contributed by atoms with Crippen LogP contribution in [0.25, 0.3) is 0 Å². The third-order valence-corrected chi connectivity index (χ3v) is 4.87. The second-order valence-corrected chi connectivity index (χ2v) is 6.65. The molecular formula is C19H27N5O2. The highest BCUT2D eigenvalue weighted by molar-refractivity contribution is 5.78. The van der Waals surface area contributed by atoms with E-state index in [1.54, 1.807) is 18.2 Å². The van der Waals surface area contributed by atoms with Crippen molar-refractivity contribution in [2.45, 2.75) is 12.6 Å². The van der Waals surface area contributed by atoms with Gasteiger partial charge in [0, 0.05) is 58.2 Å². The largest absolute Gasteiger partial charge is 0.496 e. The van der Waals surface area contributed by atoms with Gasteiger partial charge in [0.05, 0.1) is 19.7 Å². The molecule has 1 saturated heterocycles. The summed E-state index contributed by atoms with van der Waals surface area (Å²) in [6, 6.07) is 7.91. The third-order valence-electron chi connectivity index (χ3n) is 4.87. The van der Waals surface area contributed by atoms with Gasteiger partial charge in [0.25, 0.3) is 0 Å². The molecule has 26 heavy (non-hydrogen) atoms. The van der Waals surface area contributed by atoms with E-state index in [1.807, 2.05) is 49.1 Å². The zero-order valence-electron chi connectivity index (χ0n) is 15.7. The van der Waals surface area contributed by atoms with Crippen molar-refractivity contribution in [2.75, 3.05) is 40.3 Å². The Morgan fingerprint density at radius 1 is 1.42 bits per heavy atom. The third kappa shape index (κ3) is 4.05. The van der Waals surface area contributed by atoms with Gasteiger partial charge in [-0.05, 0) is 6.07 Å². The van der Waals surface area contributed by atoms with E-state index in [0.29, 0.717) is 13.1 Å². The Kier molecular flexibility index (Phi) is 5.90. The molecule has 2 aromatic rings. The summed E-state index contributed by atoms with van der Waals surface area (Å²) in [4.78, 5) is 21.3. The summed E-state index contributed by atoms with van der Waals surface area (Å²) in [6.45, 7) is 3.41. The Bertz CT molecular complexity index is 745. The number of hydrogen-bond acceptors (Lipinski definition) is 5. The molecule has 1 aliphatic rings. The number of benzene rings is 1. The lowest BCUT2D eigenvalue weighted by molar-refractivity contribution is -0.132. The van der Waals surface area contributed by atoms with Crippen molar-refractivity contribution in [1.82, 2.24) is 24.7 Å². The highest BCUT2D eigenvalue weighted by Gasteiger charge is 2.29. The highest BCUT2D eigenvalue weighted by Crippen LogP contribution is 2.21. The first-order chi connectivity index (χ1) is 12.6. The molecule has 0 aliphatic carbocycles. The lowest BCUT2D eigenvalue weighted by Gasteiger charge is -2.36. The van der Waals surface area contributed by atoms with E-state index in [1.165, 1.54) is 0 Å². The number of aromatic nitrogens is 2. The Hall–Kier alpha value is -2.38. The van der Waals surface area contributed by atoms with Crippen LogP contribution in [0.4, 0.5) is 0 Å². The van der Waals surface area contributed by atoms with Crippen LogP contribution in [0.1, 0.15) is 17.4 Å². The highest BCUT2D eigenvalue weighted by atomic mass is 16.5. The van der Waals surface area contributed by atoms with Gasteiger partial charge < -0.3 is 19.5 Å². The van der Waals surface area contributed by atoms with Crippen LogP contribution in [0.2, 0.25) is 0 Å². The van der Waals surface area contributed by atoms with Crippen LogP contribution in [0, 0.1) is 0 Å².